The second-order valence-corrected chi connectivity index (χ2v) is 8.84. The predicted octanol–water partition coefficient (Wildman–Crippen LogP) is 4.99. The summed E-state index contributed by atoms with van der Waals surface area (Å²) in [6.45, 7) is 1.85. The van der Waals surface area contributed by atoms with Crippen LogP contribution in [0.4, 0.5) is 17.3 Å². The Labute approximate surface area is 208 Å². The fourth-order valence-electron chi connectivity index (χ4n) is 4.10. The Morgan fingerprint density at radius 1 is 1.09 bits per heavy atom. The number of rotatable bonds is 5. The lowest BCUT2D eigenvalue weighted by atomic mass is 9.95. The molecule has 1 amide bonds. The Hall–Kier alpha value is -4.17. The van der Waals surface area contributed by atoms with Crippen LogP contribution in [0.15, 0.2) is 84.3 Å². The lowest BCUT2D eigenvalue weighted by Crippen LogP contribution is -2.31. The van der Waals surface area contributed by atoms with Crippen LogP contribution in [0.2, 0.25) is 5.02 Å². The molecule has 2 N–H and O–H groups in total. The molecule has 1 aliphatic rings. The largest absolute Gasteiger partial charge is 0.378 e. The fourth-order valence-corrected chi connectivity index (χ4v) is 4.33. The molecule has 0 bridgehead atoms. The third-order valence-corrected chi connectivity index (χ3v) is 6.20. The SMILES string of the molecule is CC1=C(C(=O)Nc2cccnc2)[C@@H](c2ccccc2Cl)n2nc(-c3ccc(N(C)C)cc3)nc2N1. The Kier molecular flexibility index (Phi) is 5.96. The molecule has 1 aliphatic heterocycles. The molecule has 5 rings (SSSR count). The summed E-state index contributed by atoms with van der Waals surface area (Å²) in [4.78, 5) is 24.4. The minimum Gasteiger partial charge on any atom is -0.378 e. The van der Waals surface area contributed by atoms with E-state index in [0.717, 1.165) is 16.8 Å². The van der Waals surface area contributed by atoms with Crippen molar-refractivity contribution in [2.75, 3.05) is 29.6 Å². The number of carbonyl (C=O) groups excluding carboxylic acids is 1. The van der Waals surface area contributed by atoms with Gasteiger partial charge in [0.2, 0.25) is 5.95 Å². The molecular weight excluding hydrogens is 462 g/mol. The van der Waals surface area contributed by atoms with Gasteiger partial charge in [-0.15, -0.1) is 5.10 Å². The number of nitrogens with one attached hydrogen (secondary N) is 2. The molecule has 0 aliphatic carbocycles. The second kappa shape index (κ2) is 9.23. The van der Waals surface area contributed by atoms with Crippen molar-refractivity contribution in [3.05, 3.63) is 94.9 Å². The zero-order valence-corrected chi connectivity index (χ0v) is 20.3. The molecule has 2 aromatic carbocycles. The van der Waals surface area contributed by atoms with Crippen LogP contribution in [-0.4, -0.2) is 39.8 Å². The zero-order chi connectivity index (χ0) is 24.5. The van der Waals surface area contributed by atoms with Crippen LogP contribution >= 0.6 is 11.6 Å². The van der Waals surface area contributed by atoms with Gasteiger partial charge in [-0.05, 0) is 49.4 Å². The van der Waals surface area contributed by atoms with Crippen molar-refractivity contribution < 1.29 is 4.79 Å². The highest BCUT2D eigenvalue weighted by Crippen LogP contribution is 2.39. The molecule has 8 nitrogen and oxygen atoms in total. The van der Waals surface area contributed by atoms with E-state index in [1.165, 1.54) is 0 Å². The van der Waals surface area contributed by atoms with E-state index < -0.39 is 6.04 Å². The average molecular weight is 486 g/mol. The van der Waals surface area contributed by atoms with Crippen LogP contribution in [0.25, 0.3) is 11.4 Å². The number of carbonyl (C=O) groups is 1. The highest BCUT2D eigenvalue weighted by atomic mass is 35.5. The fraction of sp³-hybridized carbons (Fsp3) is 0.154. The number of benzene rings is 2. The van der Waals surface area contributed by atoms with Crippen LogP contribution in [-0.2, 0) is 4.79 Å². The van der Waals surface area contributed by atoms with Gasteiger partial charge in [-0.3, -0.25) is 9.78 Å². The summed E-state index contributed by atoms with van der Waals surface area (Å²) < 4.78 is 1.72. The standard InChI is InChI=1S/C26H24ClN7O/c1-16-22(25(35)30-18-7-6-14-28-15-18)23(20-8-4-5-9-21(20)27)34-26(29-16)31-24(32-34)17-10-12-19(13-11-17)33(2)3/h4-15,23H,1-3H3,(H,30,35)(H,29,31,32)/t23-/m1/s1. The molecular formula is C26H24ClN7O. The summed E-state index contributed by atoms with van der Waals surface area (Å²) >= 11 is 6.62. The molecule has 0 radical (unpaired) electrons. The quantitative estimate of drug-likeness (QED) is 0.414. The number of halogens is 1. The van der Waals surface area contributed by atoms with Crippen molar-refractivity contribution in [2.45, 2.75) is 13.0 Å². The van der Waals surface area contributed by atoms with Crippen molar-refractivity contribution in [1.29, 1.82) is 0 Å². The van der Waals surface area contributed by atoms with Crippen LogP contribution in [0, 0.1) is 0 Å². The molecule has 0 saturated heterocycles. The molecule has 0 unspecified atom stereocenters. The van der Waals surface area contributed by atoms with E-state index in [2.05, 4.69) is 15.6 Å². The number of aromatic nitrogens is 4. The average Bonchev–Trinajstić information content (AvgIpc) is 3.28. The maximum absolute atomic E-state index is 13.5. The predicted molar refractivity (Wildman–Crippen MR) is 139 cm³/mol. The van der Waals surface area contributed by atoms with Crippen molar-refractivity contribution in [3.8, 4) is 11.4 Å². The first kappa shape index (κ1) is 22.6. The van der Waals surface area contributed by atoms with Gasteiger partial charge < -0.3 is 15.5 Å². The van der Waals surface area contributed by atoms with Crippen LogP contribution < -0.4 is 15.5 Å². The van der Waals surface area contributed by atoms with Gasteiger partial charge in [-0.25, -0.2) is 4.68 Å². The summed E-state index contributed by atoms with van der Waals surface area (Å²) in [6, 6.07) is 18.5. The van der Waals surface area contributed by atoms with Gasteiger partial charge in [-0.2, -0.15) is 4.98 Å². The number of anilines is 3. The first-order valence-electron chi connectivity index (χ1n) is 11.1. The molecule has 3 heterocycles. The maximum Gasteiger partial charge on any atom is 0.255 e. The first-order chi connectivity index (χ1) is 16.9. The van der Waals surface area contributed by atoms with Crippen molar-refractivity contribution in [2.24, 2.45) is 0 Å². The summed E-state index contributed by atoms with van der Waals surface area (Å²) in [5.74, 6) is 0.819. The van der Waals surface area contributed by atoms with Crippen molar-refractivity contribution in [1.82, 2.24) is 19.7 Å². The van der Waals surface area contributed by atoms with Crippen LogP contribution in [0.1, 0.15) is 18.5 Å². The van der Waals surface area contributed by atoms with E-state index in [-0.39, 0.29) is 5.91 Å². The van der Waals surface area contributed by atoms with Gasteiger partial charge in [0.05, 0.1) is 17.5 Å². The van der Waals surface area contributed by atoms with Gasteiger partial charge in [-0.1, -0.05) is 29.8 Å². The van der Waals surface area contributed by atoms with Gasteiger partial charge in [0.25, 0.3) is 5.91 Å². The Balaban J connectivity index is 1.59. The smallest absolute Gasteiger partial charge is 0.255 e. The molecule has 0 spiro atoms. The van der Waals surface area contributed by atoms with Gasteiger partial charge in [0.1, 0.15) is 6.04 Å². The molecule has 176 valence electrons. The van der Waals surface area contributed by atoms with Crippen LogP contribution in [0.5, 0.6) is 0 Å². The number of fused-ring (bicyclic) bond motifs is 1. The Morgan fingerprint density at radius 2 is 1.86 bits per heavy atom. The number of amides is 1. The third kappa shape index (κ3) is 4.36. The van der Waals surface area contributed by atoms with Gasteiger partial charge >= 0.3 is 0 Å². The highest BCUT2D eigenvalue weighted by Gasteiger charge is 2.35. The van der Waals surface area contributed by atoms with Crippen LogP contribution in [0.3, 0.4) is 0 Å². The number of pyridine rings is 1. The van der Waals surface area contributed by atoms with E-state index in [4.69, 9.17) is 21.7 Å². The molecule has 4 aromatic rings. The molecule has 9 heteroatoms. The second-order valence-electron chi connectivity index (χ2n) is 8.43. The molecule has 1 atom stereocenters. The number of nitrogens with zero attached hydrogens (tertiary/aromatic N) is 5. The lowest BCUT2D eigenvalue weighted by Gasteiger charge is -2.29. The van der Waals surface area contributed by atoms with Crippen molar-refractivity contribution >= 4 is 34.8 Å². The number of hydrogen-bond acceptors (Lipinski definition) is 6. The van der Waals surface area contributed by atoms with E-state index in [1.54, 1.807) is 29.2 Å². The number of hydrogen-bond donors (Lipinski definition) is 2. The Bertz CT molecular complexity index is 1410. The summed E-state index contributed by atoms with van der Waals surface area (Å²) in [5.41, 5.74) is 4.47. The minimum absolute atomic E-state index is 0.272. The molecule has 0 saturated carbocycles. The normalized spacial score (nSPS) is 14.8. The topological polar surface area (TPSA) is 88.0 Å². The van der Waals surface area contributed by atoms with Gasteiger partial charge in [0.15, 0.2) is 5.82 Å². The zero-order valence-electron chi connectivity index (χ0n) is 19.5. The monoisotopic (exact) mass is 485 g/mol. The first-order valence-corrected chi connectivity index (χ1v) is 11.5. The maximum atomic E-state index is 13.5. The lowest BCUT2D eigenvalue weighted by molar-refractivity contribution is -0.113. The van der Waals surface area contributed by atoms with Gasteiger partial charge in [0, 0.05) is 47.8 Å². The summed E-state index contributed by atoms with van der Waals surface area (Å²) in [7, 11) is 3.99. The summed E-state index contributed by atoms with van der Waals surface area (Å²) in [5, 5.41) is 11.5. The number of allylic oxidation sites excluding steroid dienone is 1. The van der Waals surface area contributed by atoms with Crippen molar-refractivity contribution in [3.63, 3.8) is 0 Å². The summed E-state index contributed by atoms with van der Waals surface area (Å²) in [6.07, 6.45) is 3.26. The Morgan fingerprint density at radius 3 is 2.54 bits per heavy atom. The third-order valence-electron chi connectivity index (χ3n) is 5.86. The molecule has 0 fully saturated rings. The van der Waals surface area contributed by atoms with E-state index in [1.807, 2.05) is 74.4 Å². The van der Waals surface area contributed by atoms with E-state index >= 15 is 0 Å². The minimum atomic E-state index is -0.570. The molecule has 35 heavy (non-hydrogen) atoms. The highest BCUT2D eigenvalue weighted by molar-refractivity contribution is 6.31. The molecule has 2 aromatic heterocycles. The van der Waals surface area contributed by atoms with E-state index in [9.17, 15) is 4.79 Å². The van der Waals surface area contributed by atoms with E-state index in [0.29, 0.717) is 33.8 Å².